The highest BCUT2D eigenvalue weighted by Gasteiger charge is 2.19. The molecule has 0 spiro atoms. The minimum atomic E-state index is -0.979. The lowest BCUT2D eigenvalue weighted by molar-refractivity contribution is 0.541. The van der Waals surface area contributed by atoms with Gasteiger partial charge in [-0.25, -0.2) is 13.2 Å². The molecule has 0 aliphatic heterocycles. The first-order valence-electron chi connectivity index (χ1n) is 5.56. The lowest BCUT2D eigenvalue weighted by Crippen LogP contribution is -2.16. The molecule has 0 aliphatic rings. The highest BCUT2D eigenvalue weighted by atomic mass is 79.9. The van der Waals surface area contributed by atoms with Crippen LogP contribution in [-0.4, -0.2) is 0 Å². The van der Waals surface area contributed by atoms with Crippen molar-refractivity contribution in [2.24, 2.45) is 5.73 Å². The van der Waals surface area contributed by atoms with Gasteiger partial charge in [0.15, 0.2) is 0 Å². The van der Waals surface area contributed by atoms with Gasteiger partial charge in [0.2, 0.25) is 0 Å². The van der Waals surface area contributed by atoms with Crippen LogP contribution >= 0.6 is 15.9 Å². The summed E-state index contributed by atoms with van der Waals surface area (Å²) in [5.41, 5.74) is 6.48. The van der Waals surface area contributed by atoms with Crippen LogP contribution in [-0.2, 0) is 0 Å². The average molecular weight is 330 g/mol. The van der Waals surface area contributed by atoms with Crippen molar-refractivity contribution in [2.75, 3.05) is 0 Å². The maximum Gasteiger partial charge on any atom is 0.132 e. The second kappa shape index (κ2) is 5.35. The number of nitrogens with two attached hydrogens (primary N) is 1. The van der Waals surface area contributed by atoms with Crippen LogP contribution in [0.15, 0.2) is 34.8 Å². The van der Waals surface area contributed by atoms with E-state index in [0.717, 1.165) is 12.1 Å². The van der Waals surface area contributed by atoms with Gasteiger partial charge >= 0.3 is 0 Å². The standard InChI is InChI=1S/C14H11BrF3N/c1-7-4-8(2-3-10(7)16)14(19)13-11(17)5-9(15)6-12(13)18/h2-6,14H,19H2,1H3. The van der Waals surface area contributed by atoms with Crippen molar-refractivity contribution in [3.63, 3.8) is 0 Å². The first-order chi connectivity index (χ1) is 8.90. The summed E-state index contributed by atoms with van der Waals surface area (Å²) in [6, 6.07) is 5.46. The Kier molecular flexibility index (Phi) is 3.96. The third-order valence-electron chi connectivity index (χ3n) is 2.90. The summed E-state index contributed by atoms with van der Waals surface area (Å²) in [5, 5.41) is 0. The van der Waals surface area contributed by atoms with E-state index in [2.05, 4.69) is 15.9 Å². The molecule has 0 heterocycles. The zero-order valence-corrected chi connectivity index (χ0v) is 11.6. The summed E-state index contributed by atoms with van der Waals surface area (Å²) in [5.74, 6) is -1.85. The van der Waals surface area contributed by atoms with Crippen molar-refractivity contribution >= 4 is 15.9 Å². The topological polar surface area (TPSA) is 26.0 Å². The van der Waals surface area contributed by atoms with E-state index in [1.165, 1.54) is 18.2 Å². The van der Waals surface area contributed by atoms with Crippen LogP contribution in [0.25, 0.3) is 0 Å². The highest BCUT2D eigenvalue weighted by Crippen LogP contribution is 2.28. The molecule has 1 atom stereocenters. The van der Waals surface area contributed by atoms with Gasteiger partial charge in [-0.3, -0.25) is 0 Å². The SMILES string of the molecule is Cc1cc(C(N)c2c(F)cc(Br)cc2F)ccc1F. The van der Waals surface area contributed by atoms with E-state index >= 15 is 0 Å². The molecule has 0 bridgehead atoms. The van der Waals surface area contributed by atoms with E-state index in [1.54, 1.807) is 6.92 Å². The van der Waals surface area contributed by atoms with Crippen LogP contribution in [0.3, 0.4) is 0 Å². The van der Waals surface area contributed by atoms with Crippen LogP contribution in [0, 0.1) is 24.4 Å². The minimum absolute atomic E-state index is 0.228. The highest BCUT2D eigenvalue weighted by molar-refractivity contribution is 9.10. The average Bonchev–Trinajstić information content (AvgIpc) is 2.31. The normalized spacial score (nSPS) is 12.5. The molecular weight excluding hydrogens is 319 g/mol. The summed E-state index contributed by atoms with van der Waals surface area (Å²) in [4.78, 5) is 0. The van der Waals surface area contributed by atoms with Crippen molar-refractivity contribution in [3.05, 3.63) is 68.9 Å². The Bertz CT molecular complexity index is 605. The van der Waals surface area contributed by atoms with Crippen LogP contribution < -0.4 is 5.73 Å². The first-order valence-corrected chi connectivity index (χ1v) is 6.35. The molecule has 5 heteroatoms. The van der Waals surface area contributed by atoms with E-state index in [1.807, 2.05) is 0 Å². The fourth-order valence-electron chi connectivity index (χ4n) is 1.88. The molecule has 2 aromatic rings. The molecule has 0 saturated carbocycles. The Labute approximate surface area is 117 Å². The van der Waals surface area contributed by atoms with Crippen LogP contribution in [0.2, 0.25) is 0 Å². The first kappa shape index (κ1) is 14.1. The van der Waals surface area contributed by atoms with Gasteiger partial charge in [0, 0.05) is 10.0 Å². The molecule has 0 saturated heterocycles. The lowest BCUT2D eigenvalue weighted by Gasteiger charge is -2.15. The van der Waals surface area contributed by atoms with Gasteiger partial charge in [-0.05, 0) is 36.2 Å². The van der Waals surface area contributed by atoms with Crippen LogP contribution in [0.5, 0.6) is 0 Å². The van der Waals surface area contributed by atoms with Gasteiger partial charge in [0.25, 0.3) is 0 Å². The summed E-state index contributed by atoms with van der Waals surface area (Å²) < 4.78 is 41.1. The van der Waals surface area contributed by atoms with Crippen molar-refractivity contribution in [1.82, 2.24) is 0 Å². The molecule has 2 aromatic carbocycles. The van der Waals surface area contributed by atoms with Crippen molar-refractivity contribution in [1.29, 1.82) is 0 Å². The zero-order valence-electron chi connectivity index (χ0n) is 10.1. The molecule has 100 valence electrons. The molecule has 19 heavy (non-hydrogen) atoms. The Balaban J connectivity index is 2.49. The minimum Gasteiger partial charge on any atom is -0.320 e. The predicted molar refractivity (Wildman–Crippen MR) is 71.2 cm³/mol. The van der Waals surface area contributed by atoms with E-state index in [-0.39, 0.29) is 11.4 Å². The quantitative estimate of drug-likeness (QED) is 0.876. The molecular formula is C14H11BrF3N. The molecule has 0 radical (unpaired) electrons. The third kappa shape index (κ3) is 2.82. The Hall–Kier alpha value is -1.33. The fourth-order valence-corrected chi connectivity index (χ4v) is 2.28. The third-order valence-corrected chi connectivity index (χ3v) is 3.35. The van der Waals surface area contributed by atoms with E-state index in [0.29, 0.717) is 15.6 Å². The summed E-state index contributed by atoms with van der Waals surface area (Å²) >= 11 is 3.00. The molecule has 0 fully saturated rings. The zero-order chi connectivity index (χ0) is 14.2. The molecule has 1 nitrogen and oxygen atoms in total. The molecule has 0 aromatic heterocycles. The van der Waals surface area contributed by atoms with Gasteiger partial charge in [-0.15, -0.1) is 0 Å². The molecule has 1 unspecified atom stereocenters. The lowest BCUT2D eigenvalue weighted by atomic mass is 9.97. The molecule has 0 amide bonds. The number of rotatable bonds is 2. The summed E-state index contributed by atoms with van der Waals surface area (Å²) in [7, 11) is 0. The Morgan fingerprint density at radius 1 is 1.00 bits per heavy atom. The number of hydrogen-bond acceptors (Lipinski definition) is 1. The van der Waals surface area contributed by atoms with Gasteiger partial charge in [0.1, 0.15) is 17.5 Å². The van der Waals surface area contributed by atoms with Crippen molar-refractivity contribution in [3.8, 4) is 0 Å². The van der Waals surface area contributed by atoms with Crippen molar-refractivity contribution < 1.29 is 13.2 Å². The maximum atomic E-state index is 13.8. The van der Waals surface area contributed by atoms with Crippen LogP contribution in [0.1, 0.15) is 22.7 Å². The molecule has 2 rings (SSSR count). The monoisotopic (exact) mass is 329 g/mol. The predicted octanol–water partition coefficient (Wildman–Crippen LogP) is 4.22. The largest absolute Gasteiger partial charge is 0.320 e. The second-order valence-corrected chi connectivity index (χ2v) is 5.19. The maximum absolute atomic E-state index is 13.8. The van der Waals surface area contributed by atoms with E-state index in [4.69, 9.17) is 5.73 Å². The second-order valence-electron chi connectivity index (χ2n) is 4.27. The Morgan fingerprint density at radius 3 is 2.11 bits per heavy atom. The number of hydrogen-bond donors (Lipinski definition) is 1. The van der Waals surface area contributed by atoms with E-state index in [9.17, 15) is 13.2 Å². The number of aryl methyl sites for hydroxylation is 1. The fraction of sp³-hybridized carbons (Fsp3) is 0.143. The Morgan fingerprint density at radius 2 is 1.58 bits per heavy atom. The smallest absolute Gasteiger partial charge is 0.132 e. The van der Waals surface area contributed by atoms with Crippen LogP contribution in [0.4, 0.5) is 13.2 Å². The molecule has 2 N–H and O–H groups in total. The van der Waals surface area contributed by atoms with Crippen molar-refractivity contribution in [2.45, 2.75) is 13.0 Å². The summed E-state index contributed by atoms with van der Waals surface area (Å²) in [6.45, 7) is 1.57. The molecule has 0 aliphatic carbocycles. The van der Waals surface area contributed by atoms with Gasteiger partial charge < -0.3 is 5.73 Å². The summed E-state index contributed by atoms with van der Waals surface area (Å²) in [6.07, 6.45) is 0. The number of benzene rings is 2. The van der Waals surface area contributed by atoms with E-state index < -0.39 is 17.7 Å². The van der Waals surface area contributed by atoms with Gasteiger partial charge in [-0.1, -0.05) is 28.1 Å². The van der Waals surface area contributed by atoms with Gasteiger partial charge in [0.05, 0.1) is 6.04 Å². The van der Waals surface area contributed by atoms with Gasteiger partial charge in [-0.2, -0.15) is 0 Å². The number of halogens is 4.